The number of fused-ring (bicyclic) bond motifs is 1. The third-order valence-electron chi connectivity index (χ3n) is 2.15. The highest BCUT2D eigenvalue weighted by Crippen LogP contribution is 2.15. The molecule has 1 aromatic heterocycles. The summed E-state index contributed by atoms with van der Waals surface area (Å²) >= 11 is 4.76. The van der Waals surface area contributed by atoms with Crippen molar-refractivity contribution in [3.63, 3.8) is 0 Å². The van der Waals surface area contributed by atoms with E-state index in [-0.39, 0.29) is 10.6 Å². The van der Waals surface area contributed by atoms with E-state index in [1.807, 2.05) is 19.1 Å². The van der Waals surface area contributed by atoms with Gasteiger partial charge in [0.25, 0.3) is 0 Å². The number of nitrogens with two attached hydrogens (primary N) is 1. The van der Waals surface area contributed by atoms with E-state index in [0.717, 1.165) is 10.9 Å². The predicted molar refractivity (Wildman–Crippen MR) is 63.1 cm³/mol. The van der Waals surface area contributed by atoms with Gasteiger partial charge in [0, 0.05) is 5.39 Å². The van der Waals surface area contributed by atoms with Crippen LogP contribution in [-0.2, 0) is 0 Å². The summed E-state index contributed by atoms with van der Waals surface area (Å²) in [5.41, 5.74) is 6.82. The van der Waals surface area contributed by atoms with Gasteiger partial charge in [-0.25, -0.2) is 4.79 Å². The van der Waals surface area contributed by atoms with Gasteiger partial charge < -0.3 is 10.2 Å². The van der Waals surface area contributed by atoms with Gasteiger partial charge in [-0.3, -0.25) is 0 Å². The Balaban J connectivity index is 2.83. The predicted octanol–water partition coefficient (Wildman–Crippen LogP) is 1.74. The van der Waals surface area contributed by atoms with Crippen LogP contribution >= 0.6 is 12.2 Å². The Kier molecular flexibility index (Phi) is 2.28. The SMILES string of the molecule is Cc1ccc2oc(=O)c(C(N)=S)cc2c1. The second-order valence-corrected chi connectivity index (χ2v) is 3.79. The van der Waals surface area contributed by atoms with Gasteiger partial charge in [-0.2, -0.15) is 0 Å². The normalized spacial score (nSPS) is 10.5. The minimum Gasteiger partial charge on any atom is -0.422 e. The smallest absolute Gasteiger partial charge is 0.346 e. The van der Waals surface area contributed by atoms with E-state index >= 15 is 0 Å². The minimum absolute atomic E-state index is 0.0622. The molecule has 0 aliphatic rings. The van der Waals surface area contributed by atoms with Crippen molar-refractivity contribution in [2.24, 2.45) is 5.73 Å². The van der Waals surface area contributed by atoms with Crippen LogP contribution in [0.3, 0.4) is 0 Å². The summed E-state index contributed by atoms with van der Waals surface area (Å²) in [5, 5.41) is 0.831. The Hall–Kier alpha value is -1.68. The number of hydrogen-bond acceptors (Lipinski definition) is 3. The molecule has 0 spiro atoms. The third kappa shape index (κ3) is 1.76. The Morgan fingerprint density at radius 2 is 2.13 bits per heavy atom. The Bertz CT molecular complexity index is 601. The van der Waals surface area contributed by atoms with Gasteiger partial charge in [0.05, 0.1) is 5.56 Å². The largest absolute Gasteiger partial charge is 0.422 e. The molecule has 2 N–H and O–H groups in total. The lowest BCUT2D eigenvalue weighted by molar-refractivity contribution is 0.559. The molecule has 1 aromatic carbocycles. The number of hydrogen-bond donors (Lipinski definition) is 1. The average Bonchev–Trinajstić information content (AvgIpc) is 2.17. The molecule has 0 aliphatic heterocycles. The van der Waals surface area contributed by atoms with Crippen LogP contribution in [0, 0.1) is 6.92 Å². The van der Waals surface area contributed by atoms with Crippen molar-refractivity contribution in [2.45, 2.75) is 6.92 Å². The highest BCUT2D eigenvalue weighted by molar-refractivity contribution is 7.80. The van der Waals surface area contributed by atoms with Crippen molar-refractivity contribution in [3.8, 4) is 0 Å². The molecule has 0 saturated carbocycles. The summed E-state index contributed by atoms with van der Waals surface area (Å²) in [6, 6.07) is 7.22. The zero-order valence-electron chi connectivity index (χ0n) is 8.11. The fourth-order valence-electron chi connectivity index (χ4n) is 1.41. The summed E-state index contributed by atoms with van der Waals surface area (Å²) in [6.45, 7) is 1.96. The summed E-state index contributed by atoms with van der Waals surface area (Å²) in [5.74, 6) is 0. The summed E-state index contributed by atoms with van der Waals surface area (Å²) in [7, 11) is 0. The molecule has 15 heavy (non-hydrogen) atoms. The van der Waals surface area contributed by atoms with Crippen molar-refractivity contribution in [1.29, 1.82) is 0 Å². The highest BCUT2D eigenvalue weighted by Gasteiger charge is 2.07. The van der Waals surface area contributed by atoms with E-state index in [1.54, 1.807) is 12.1 Å². The Morgan fingerprint density at radius 1 is 1.40 bits per heavy atom. The fraction of sp³-hybridized carbons (Fsp3) is 0.0909. The van der Waals surface area contributed by atoms with Crippen molar-refractivity contribution in [3.05, 3.63) is 45.8 Å². The summed E-state index contributed by atoms with van der Waals surface area (Å²) < 4.78 is 5.09. The first kappa shape index (κ1) is 9.86. The maximum absolute atomic E-state index is 11.4. The number of aryl methyl sites for hydroxylation is 1. The molecule has 1 heterocycles. The standard InChI is InChI=1S/C11H9NO2S/c1-6-2-3-9-7(4-6)5-8(10(12)15)11(13)14-9/h2-5H,1H3,(H2,12,15). The molecule has 0 bridgehead atoms. The monoisotopic (exact) mass is 219 g/mol. The molecule has 2 rings (SSSR count). The van der Waals surface area contributed by atoms with E-state index in [1.165, 1.54) is 0 Å². The van der Waals surface area contributed by atoms with Crippen molar-refractivity contribution < 1.29 is 4.42 Å². The van der Waals surface area contributed by atoms with Crippen LogP contribution in [0.5, 0.6) is 0 Å². The number of thiocarbonyl (C=S) groups is 1. The van der Waals surface area contributed by atoms with Gasteiger partial charge in [0.15, 0.2) is 0 Å². The van der Waals surface area contributed by atoms with Gasteiger partial charge in [-0.15, -0.1) is 0 Å². The van der Waals surface area contributed by atoms with Gasteiger partial charge in [0.1, 0.15) is 10.6 Å². The molecular formula is C11H9NO2S. The molecule has 0 aliphatic carbocycles. The summed E-state index contributed by atoms with van der Waals surface area (Å²) in [4.78, 5) is 11.5. The quantitative estimate of drug-likeness (QED) is 0.586. The molecule has 0 atom stereocenters. The van der Waals surface area contributed by atoms with Crippen LogP contribution < -0.4 is 11.4 Å². The van der Waals surface area contributed by atoms with Crippen molar-refractivity contribution >= 4 is 28.2 Å². The van der Waals surface area contributed by atoms with Gasteiger partial charge >= 0.3 is 5.63 Å². The second kappa shape index (κ2) is 3.47. The van der Waals surface area contributed by atoms with Crippen LogP contribution in [0.2, 0.25) is 0 Å². The zero-order chi connectivity index (χ0) is 11.0. The minimum atomic E-state index is -0.487. The van der Waals surface area contributed by atoms with Crippen LogP contribution in [0.15, 0.2) is 33.5 Å². The molecule has 3 nitrogen and oxygen atoms in total. The van der Waals surface area contributed by atoms with Crippen LogP contribution in [0.25, 0.3) is 11.0 Å². The lowest BCUT2D eigenvalue weighted by atomic mass is 10.1. The molecule has 4 heteroatoms. The molecule has 76 valence electrons. The Morgan fingerprint density at radius 3 is 2.80 bits per heavy atom. The van der Waals surface area contributed by atoms with Gasteiger partial charge in [-0.05, 0) is 25.1 Å². The van der Waals surface area contributed by atoms with E-state index in [0.29, 0.717) is 5.58 Å². The third-order valence-corrected chi connectivity index (χ3v) is 2.37. The molecule has 0 saturated heterocycles. The zero-order valence-corrected chi connectivity index (χ0v) is 8.93. The number of benzene rings is 1. The number of rotatable bonds is 1. The first-order chi connectivity index (χ1) is 7.08. The lowest BCUT2D eigenvalue weighted by Gasteiger charge is -2.00. The van der Waals surface area contributed by atoms with Gasteiger partial charge in [0.2, 0.25) is 0 Å². The van der Waals surface area contributed by atoms with Crippen LogP contribution in [0.1, 0.15) is 11.1 Å². The average molecular weight is 219 g/mol. The maximum atomic E-state index is 11.4. The van der Waals surface area contributed by atoms with Crippen molar-refractivity contribution in [1.82, 2.24) is 0 Å². The topological polar surface area (TPSA) is 56.2 Å². The van der Waals surface area contributed by atoms with E-state index < -0.39 is 5.63 Å². The highest BCUT2D eigenvalue weighted by atomic mass is 32.1. The van der Waals surface area contributed by atoms with E-state index in [4.69, 9.17) is 22.4 Å². The molecule has 0 radical (unpaired) electrons. The first-order valence-electron chi connectivity index (χ1n) is 4.42. The molecule has 0 unspecified atom stereocenters. The molecule has 2 aromatic rings. The maximum Gasteiger partial charge on any atom is 0.346 e. The summed E-state index contributed by atoms with van der Waals surface area (Å²) in [6.07, 6.45) is 0. The Labute approximate surface area is 91.5 Å². The van der Waals surface area contributed by atoms with E-state index in [2.05, 4.69) is 0 Å². The van der Waals surface area contributed by atoms with Gasteiger partial charge in [-0.1, -0.05) is 23.8 Å². The molecule has 0 amide bonds. The van der Waals surface area contributed by atoms with E-state index in [9.17, 15) is 4.79 Å². The molecular weight excluding hydrogens is 210 g/mol. The van der Waals surface area contributed by atoms with Crippen LogP contribution in [0.4, 0.5) is 0 Å². The second-order valence-electron chi connectivity index (χ2n) is 3.35. The van der Waals surface area contributed by atoms with Crippen LogP contribution in [-0.4, -0.2) is 4.99 Å². The first-order valence-corrected chi connectivity index (χ1v) is 4.83. The van der Waals surface area contributed by atoms with Crippen molar-refractivity contribution in [2.75, 3.05) is 0 Å². The molecule has 0 fully saturated rings. The lowest BCUT2D eigenvalue weighted by Crippen LogP contribution is -2.19. The fourth-order valence-corrected chi connectivity index (χ4v) is 1.56.